The highest BCUT2D eigenvalue weighted by molar-refractivity contribution is 7.99. The van der Waals surface area contributed by atoms with E-state index in [1.165, 1.54) is 23.9 Å². The summed E-state index contributed by atoms with van der Waals surface area (Å²) in [5, 5.41) is 20.4. The molecule has 0 radical (unpaired) electrons. The van der Waals surface area contributed by atoms with E-state index in [9.17, 15) is 18.4 Å². The summed E-state index contributed by atoms with van der Waals surface area (Å²) in [6.45, 7) is 0.723. The number of hydrogen-bond acceptors (Lipinski definition) is 11. The molecule has 0 saturated carbocycles. The molecule has 2 aromatic heterocycles. The number of thioether (sulfide) groups is 1. The molecular formula is C29H24Cl2N6O6S2. The zero-order valence-corrected chi connectivity index (χ0v) is 26.4. The fourth-order valence-electron chi connectivity index (χ4n) is 4.76. The molecule has 0 aliphatic carbocycles. The molecule has 3 aromatic carbocycles. The Hall–Kier alpha value is -4.11. The predicted octanol–water partition coefficient (Wildman–Crippen LogP) is 5.30. The molecule has 1 amide bonds. The maximum Gasteiger partial charge on any atom is 0.415 e. The Bertz CT molecular complexity index is 1970. The van der Waals surface area contributed by atoms with Crippen LogP contribution in [0.25, 0.3) is 10.9 Å². The largest absolute Gasteiger partial charge is 0.451 e. The maximum absolute atomic E-state index is 13.1. The van der Waals surface area contributed by atoms with Crippen LogP contribution < -0.4 is 15.0 Å². The Balaban J connectivity index is 1.08. The summed E-state index contributed by atoms with van der Waals surface area (Å²) >= 11 is 13.6. The van der Waals surface area contributed by atoms with Crippen molar-refractivity contribution >= 4 is 73.1 Å². The van der Waals surface area contributed by atoms with E-state index in [1.807, 2.05) is 24.3 Å². The molecule has 5 aromatic rings. The lowest BCUT2D eigenvalue weighted by Crippen LogP contribution is -2.42. The zero-order chi connectivity index (χ0) is 31.6. The van der Waals surface area contributed by atoms with Gasteiger partial charge in [-0.2, -0.15) is 0 Å². The van der Waals surface area contributed by atoms with E-state index in [-0.39, 0.29) is 21.5 Å². The molecule has 12 nitrogen and oxygen atoms in total. The normalized spacial score (nSPS) is 14.0. The third-order valence-electron chi connectivity index (χ3n) is 7.02. The molecule has 1 fully saturated rings. The summed E-state index contributed by atoms with van der Waals surface area (Å²) in [4.78, 5) is 23.8. The molecular weight excluding hydrogens is 663 g/mol. The van der Waals surface area contributed by atoms with Gasteiger partial charge in [0.05, 0.1) is 32.0 Å². The standard InChI is InChI=1S/C29H24Cl2N6O6S2/c30-18-10-11-24(22(31)16-18)32-26-21-8-4-5-9-23(21)33-29(34-26)44-17-25(38)36-14-12-19(13-15-36)42-27-28(37(39)43-35-27)45(40,41)20-6-2-1-3-7-20/h1-11,16,19H,12-15,17H2,(H,32,33,34). The molecule has 16 heteroatoms. The topological polar surface area (TPSA) is 154 Å². The highest BCUT2D eigenvalue weighted by Crippen LogP contribution is 2.32. The van der Waals surface area contributed by atoms with Crippen LogP contribution in [0.4, 0.5) is 11.5 Å². The Morgan fingerprint density at radius 2 is 1.80 bits per heavy atom. The quantitative estimate of drug-likeness (QED) is 0.122. The first-order chi connectivity index (χ1) is 21.7. The molecule has 0 spiro atoms. The van der Waals surface area contributed by atoms with Crippen LogP contribution >= 0.6 is 35.0 Å². The van der Waals surface area contributed by atoms with Crippen LogP contribution in [0.2, 0.25) is 10.0 Å². The van der Waals surface area contributed by atoms with Gasteiger partial charge in [-0.3, -0.25) is 9.42 Å². The van der Waals surface area contributed by atoms with Crippen molar-refractivity contribution in [2.75, 3.05) is 24.2 Å². The summed E-state index contributed by atoms with van der Waals surface area (Å²) in [5.74, 6) is 0.117. The Morgan fingerprint density at radius 3 is 2.56 bits per heavy atom. The average molecular weight is 688 g/mol. The van der Waals surface area contributed by atoms with Gasteiger partial charge in [-0.05, 0) is 47.4 Å². The van der Waals surface area contributed by atoms with Gasteiger partial charge in [0.25, 0.3) is 9.84 Å². The number of benzene rings is 3. The van der Waals surface area contributed by atoms with Crippen molar-refractivity contribution in [3.63, 3.8) is 0 Å². The minimum absolute atomic E-state index is 0.0901. The number of nitrogens with one attached hydrogen (secondary N) is 1. The van der Waals surface area contributed by atoms with Crippen molar-refractivity contribution in [3.8, 4) is 5.88 Å². The fraction of sp³-hybridized carbons (Fsp3) is 0.207. The van der Waals surface area contributed by atoms with Gasteiger partial charge >= 0.3 is 10.9 Å². The summed E-state index contributed by atoms with van der Waals surface area (Å²) in [6.07, 6.45) is 0.318. The number of aromatic nitrogens is 4. The number of rotatable bonds is 9. The molecule has 1 aliphatic heterocycles. The number of carbonyl (C=O) groups is 1. The first-order valence-electron chi connectivity index (χ1n) is 13.6. The number of fused-ring (bicyclic) bond motifs is 1. The molecule has 3 heterocycles. The molecule has 232 valence electrons. The van der Waals surface area contributed by atoms with Crippen molar-refractivity contribution in [1.82, 2.24) is 20.0 Å². The number of ether oxygens (including phenoxy) is 1. The number of amides is 1. The van der Waals surface area contributed by atoms with Gasteiger partial charge in [0.1, 0.15) is 11.9 Å². The Morgan fingerprint density at radius 1 is 1.07 bits per heavy atom. The average Bonchev–Trinajstić information content (AvgIpc) is 3.42. The number of sulfone groups is 1. The maximum atomic E-state index is 13.1. The summed E-state index contributed by atoms with van der Waals surface area (Å²) in [5.41, 5.74) is 1.33. The highest BCUT2D eigenvalue weighted by Gasteiger charge is 2.37. The number of carbonyl (C=O) groups excluding carboxylic acids is 1. The molecule has 1 N–H and O–H groups in total. The summed E-state index contributed by atoms with van der Waals surface area (Å²) in [6, 6.07) is 20.1. The number of likely N-dealkylation sites (tertiary alicyclic amines) is 1. The van der Waals surface area contributed by atoms with Crippen LogP contribution in [0.1, 0.15) is 12.8 Å². The van der Waals surface area contributed by atoms with E-state index in [1.54, 1.807) is 41.3 Å². The number of piperidine rings is 1. The van der Waals surface area contributed by atoms with Crippen molar-refractivity contribution in [3.05, 3.63) is 88.0 Å². The van der Waals surface area contributed by atoms with E-state index in [4.69, 9.17) is 27.9 Å². The minimum atomic E-state index is -4.23. The summed E-state index contributed by atoms with van der Waals surface area (Å²) in [7, 11) is -4.23. The number of para-hydroxylation sites is 1. The Labute approximate surface area is 271 Å². The van der Waals surface area contributed by atoms with E-state index in [2.05, 4.69) is 25.1 Å². The second kappa shape index (κ2) is 13.1. The lowest BCUT2D eigenvalue weighted by atomic mass is 10.1. The smallest absolute Gasteiger partial charge is 0.415 e. The third kappa shape index (κ3) is 6.78. The number of hydrogen-bond donors (Lipinski definition) is 1. The van der Waals surface area contributed by atoms with E-state index in [0.717, 1.165) is 5.39 Å². The third-order valence-corrected chi connectivity index (χ3v) is 10.1. The van der Waals surface area contributed by atoms with E-state index < -0.39 is 26.8 Å². The van der Waals surface area contributed by atoms with E-state index in [0.29, 0.717) is 58.2 Å². The molecule has 0 bridgehead atoms. The molecule has 1 aliphatic rings. The van der Waals surface area contributed by atoms with Crippen LogP contribution in [0, 0.1) is 5.21 Å². The predicted molar refractivity (Wildman–Crippen MR) is 168 cm³/mol. The van der Waals surface area contributed by atoms with E-state index >= 15 is 0 Å². The second-order valence-electron chi connectivity index (χ2n) is 9.96. The molecule has 6 rings (SSSR count). The first kappa shape index (κ1) is 30.9. The lowest BCUT2D eigenvalue weighted by molar-refractivity contribution is -0.832. The van der Waals surface area contributed by atoms with Gasteiger partial charge < -0.3 is 20.2 Å². The molecule has 45 heavy (non-hydrogen) atoms. The number of anilines is 2. The highest BCUT2D eigenvalue weighted by atomic mass is 35.5. The first-order valence-corrected chi connectivity index (χ1v) is 16.9. The summed E-state index contributed by atoms with van der Waals surface area (Å²) < 4.78 is 36.4. The van der Waals surface area contributed by atoms with Gasteiger partial charge in [-0.15, -0.1) is 0 Å². The second-order valence-corrected chi connectivity index (χ2v) is 13.6. The zero-order valence-electron chi connectivity index (χ0n) is 23.3. The van der Waals surface area contributed by atoms with Crippen molar-refractivity contribution in [2.24, 2.45) is 0 Å². The van der Waals surface area contributed by atoms with Gasteiger partial charge in [-0.1, -0.05) is 65.3 Å². The fourth-order valence-corrected chi connectivity index (χ4v) is 7.25. The van der Waals surface area contributed by atoms with Crippen LogP contribution in [-0.4, -0.2) is 59.3 Å². The lowest BCUT2D eigenvalue weighted by Gasteiger charge is -2.31. The number of nitrogens with zero attached hydrogens (tertiary/aromatic N) is 5. The van der Waals surface area contributed by atoms with Gasteiger partial charge in [-0.25, -0.2) is 18.4 Å². The van der Waals surface area contributed by atoms with Crippen LogP contribution in [0.3, 0.4) is 0 Å². The monoisotopic (exact) mass is 686 g/mol. The van der Waals surface area contributed by atoms with Crippen LogP contribution in [0.15, 0.2) is 92.5 Å². The minimum Gasteiger partial charge on any atom is -0.451 e. The van der Waals surface area contributed by atoms with Crippen molar-refractivity contribution in [1.29, 1.82) is 0 Å². The van der Waals surface area contributed by atoms with Crippen LogP contribution in [0.5, 0.6) is 5.88 Å². The molecule has 0 atom stereocenters. The SMILES string of the molecule is O=C(CSc1nc(Nc2ccc(Cl)cc2Cl)c2ccccc2n1)N1CCC(Oc2no[n+]([O-])c2S(=O)(=O)c2ccccc2)CC1. The van der Waals surface area contributed by atoms with Gasteiger partial charge in [0.15, 0.2) is 5.16 Å². The van der Waals surface area contributed by atoms with Crippen LogP contribution in [-0.2, 0) is 14.6 Å². The number of halogens is 2. The molecule has 0 unspecified atom stereocenters. The molecule has 1 saturated heterocycles. The van der Waals surface area contributed by atoms with Crippen molar-refractivity contribution in [2.45, 2.75) is 34.0 Å². The van der Waals surface area contributed by atoms with Gasteiger partial charge in [0, 0.05) is 36.3 Å². The van der Waals surface area contributed by atoms with Gasteiger partial charge in [0.2, 0.25) is 5.91 Å². The van der Waals surface area contributed by atoms with Crippen molar-refractivity contribution < 1.29 is 27.5 Å². The Kier molecular flexibility index (Phi) is 8.99.